The molecule has 0 aromatic carbocycles. The van der Waals surface area contributed by atoms with E-state index in [0.717, 1.165) is 0 Å². The van der Waals surface area contributed by atoms with Crippen LogP contribution in [0.15, 0.2) is 22.5 Å². The molecule has 19 nitrogen and oxygen atoms in total. The van der Waals surface area contributed by atoms with E-state index in [1.807, 2.05) is 0 Å². The summed E-state index contributed by atoms with van der Waals surface area (Å²) in [5.74, 6) is -5.34. The molecule has 1 aromatic heterocycles. The number of aliphatic carboxylic acids is 2. The van der Waals surface area contributed by atoms with Gasteiger partial charge in [-0.3, -0.25) is 29.2 Å². The number of imidazole rings is 1. The first kappa shape index (κ1) is 35.1. The van der Waals surface area contributed by atoms with Gasteiger partial charge in [0.2, 0.25) is 17.7 Å². The Balaban J connectivity index is 3.03. The van der Waals surface area contributed by atoms with Crippen LogP contribution in [-0.4, -0.2) is 99.0 Å². The van der Waals surface area contributed by atoms with Gasteiger partial charge in [-0.05, 0) is 32.1 Å². The lowest BCUT2D eigenvalue weighted by Crippen LogP contribution is -2.57. The highest BCUT2D eigenvalue weighted by molar-refractivity contribution is 5.94. The topological polar surface area (TPSA) is 345 Å². The molecule has 0 aliphatic rings. The summed E-state index contributed by atoms with van der Waals surface area (Å²) >= 11 is 0. The van der Waals surface area contributed by atoms with Gasteiger partial charge in [-0.1, -0.05) is 0 Å². The molecule has 3 amide bonds. The number of aliphatic imine (C=N–C) groups is 2. The van der Waals surface area contributed by atoms with E-state index < -0.39 is 60.2 Å². The first-order valence-electron chi connectivity index (χ1n) is 13.0. The monoisotopic (exact) mass is 596 g/mol. The molecule has 0 bridgehead atoms. The van der Waals surface area contributed by atoms with Crippen LogP contribution in [0.3, 0.4) is 0 Å². The zero-order valence-electron chi connectivity index (χ0n) is 23.0. The van der Waals surface area contributed by atoms with E-state index >= 15 is 0 Å². The summed E-state index contributed by atoms with van der Waals surface area (Å²) in [5, 5.41) is 26.0. The molecule has 234 valence electrons. The summed E-state index contributed by atoms with van der Waals surface area (Å²) < 4.78 is 0. The Morgan fingerprint density at radius 3 is 1.79 bits per heavy atom. The number of aromatic nitrogens is 2. The highest BCUT2D eigenvalue weighted by Crippen LogP contribution is 2.07. The number of carbonyl (C=O) groups excluding carboxylic acids is 3. The molecular formula is C23H40N12O7. The first-order chi connectivity index (χ1) is 19.8. The number of carboxylic acids is 2. The van der Waals surface area contributed by atoms with Crippen molar-refractivity contribution in [2.75, 3.05) is 13.1 Å². The van der Waals surface area contributed by atoms with Crippen LogP contribution in [0, 0.1) is 0 Å². The maximum Gasteiger partial charge on any atom is 0.326 e. The summed E-state index contributed by atoms with van der Waals surface area (Å²) in [7, 11) is 0. The van der Waals surface area contributed by atoms with Crippen LogP contribution in [0.5, 0.6) is 0 Å². The molecule has 19 heteroatoms. The van der Waals surface area contributed by atoms with E-state index in [1.54, 1.807) is 0 Å². The lowest BCUT2D eigenvalue weighted by molar-refractivity contribution is -0.142. The number of hydrogen-bond donors (Lipinski definition) is 11. The number of amides is 3. The molecule has 0 fully saturated rings. The van der Waals surface area contributed by atoms with Crippen molar-refractivity contribution in [3.8, 4) is 0 Å². The molecule has 0 spiro atoms. The van der Waals surface area contributed by atoms with Crippen molar-refractivity contribution in [2.24, 2.45) is 38.7 Å². The second-order valence-corrected chi connectivity index (χ2v) is 9.24. The molecule has 0 aliphatic heterocycles. The average Bonchev–Trinajstić information content (AvgIpc) is 3.42. The molecule has 4 unspecified atom stereocenters. The summed E-state index contributed by atoms with van der Waals surface area (Å²) in [4.78, 5) is 76.2. The van der Waals surface area contributed by atoms with Crippen LogP contribution in [0.25, 0.3) is 0 Å². The van der Waals surface area contributed by atoms with Gasteiger partial charge in [0.15, 0.2) is 11.9 Å². The minimum atomic E-state index is -1.37. The molecule has 1 rings (SSSR count). The van der Waals surface area contributed by atoms with Crippen molar-refractivity contribution in [3.63, 3.8) is 0 Å². The van der Waals surface area contributed by atoms with Crippen LogP contribution in [0.1, 0.15) is 44.2 Å². The van der Waals surface area contributed by atoms with E-state index in [4.69, 9.17) is 33.8 Å². The second kappa shape index (κ2) is 18.4. The third-order valence-corrected chi connectivity index (χ3v) is 5.75. The Kier molecular flexibility index (Phi) is 15.4. The molecule has 0 saturated heterocycles. The number of hydrogen-bond acceptors (Lipinski definition) is 9. The van der Waals surface area contributed by atoms with Gasteiger partial charge in [0.05, 0.1) is 12.4 Å². The predicted molar refractivity (Wildman–Crippen MR) is 150 cm³/mol. The van der Waals surface area contributed by atoms with Gasteiger partial charge >= 0.3 is 11.9 Å². The number of carbonyl (C=O) groups is 5. The minimum Gasteiger partial charge on any atom is -0.481 e. The van der Waals surface area contributed by atoms with Crippen LogP contribution >= 0.6 is 0 Å². The zero-order chi connectivity index (χ0) is 31.7. The summed E-state index contributed by atoms with van der Waals surface area (Å²) in [6.07, 6.45) is 2.55. The molecule has 0 aliphatic carbocycles. The number of nitrogens with two attached hydrogens (primary N) is 5. The fourth-order valence-electron chi connectivity index (χ4n) is 3.62. The quantitative estimate of drug-likeness (QED) is 0.0386. The number of nitrogens with one attached hydrogen (secondary N) is 4. The van der Waals surface area contributed by atoms with E-state index in [0.29, 0.717) is 5.69 Å². The van der Waals surface area contributed by atoms with Crippen molar-refractivity contribution in [3.05, 3.63) is 18.2 Å². The third kappa shape index (κ3) is 14.4. The summed E-state index contributed by atoms with van der Waals surface area (Å²) in [6, 6.07) is -5.08. The van der Waals surface area contributed by atoms with Gasteiger partial charge in [0.25, 0.3) is 0 Å². The van der Waals surface area contributed by atoms with Crippen LogP contribution in [0.4, 0.5) is 0 Å². The fourth-order valence-corrected chi connectivity index (χ4v) is 3.62. The van der Waals surface area contributed by atoms with E-state index in [9.17, 15) is 29.1 Å². The number of H-pyrrole nitrogens is 1. The average molecular weight is 597 g/mol. The van der Waals surface area contributed by atoms with E-state index in [-0.39, 0.29) is 63.5 Å². The van der Waals surface area contributed by atoms with Crippen molar-refractivity contribution in [1.82, 2.24) is 25.9 Å². The SMILES string of the molecule is NC(N)=NCCCC(NC(=O)C(CCCN=C(N)N)NC(=O)C(CCC(=O)O)NC(=O)C(N)Cc1cnc[nH]1)C(=O)O. The van der Waals surface area contributed by atoms with Crippen LogP contribution in [-0.2, 0) is 30.4 Å². The van der Waals surface area contributed by atoms with Crippen molar-refractivity contribution >= 4 is 41.6 Å². The van der Waals surface area contributed by atoms with Gasteiger partial charge < -0.3 is 59.8 Å². The highest BCUT2D eigenvalue weighted by Gasteiger charge is 2.30. The molecule has 0 saturated carbocycles. The molecule has 4 atom stereocenters. The maximum absolute atomic E-state index is 13.2. The van der Waals surface area contributed by atoms with Gasteiger partial charge in [-0.15, -0.1) is 0 Å². The Morgan fingerprint density at radius 2 is 1.31 bits per heavy atom. The molecule has 1 aromatic rings. The van der Waals surface area contributed by atoms with Crippen molar-refractivity contribution in [1.29, 1.82) is 0 Å². The normalized spacial score (nSPS) is 13.5. The number of aromatic amines is 1. The Bertz CT molecular complexity index is 1100. The third-order valence-electron chi connectivity index (χ3n) is 5.75. The molecule has 0 radical (unpaired) electrons. The summed E-state index contributed by atoms with van der Waals surface area (Å²) in [5.41, 5.74) is 27.7. The standard InChI is InChI=1S/C23H40N12O7/c24-13(9-12-10-29-11-32-12)18(38)33-15(5-6-17(36)37)20(40)34-14(3-1-7-30-22(25)26)19(39)35-16(21(41)42)4-2-8-31-23(27)28/h10-11,13-16H,1-9,24H2,(H,29,32)(H,33,38)(H,34,40)(H,35,39)(H,36,37)(H,41,42)(H4,25,26,30)(H4,27,28,31). The largest absolute Gasteiger partial charge is 0.481 e. The van der Waals surface area contributed by atoms with Crippen LogP contribution in [0.2, 0.25) is 0 Å². The van der Waals surface area contributed by atoms with Crippen LogP contribution < -0.4 is 44.6 Å². The Labute approximate surface area is 241 Å². The highest BCUT2D eigenvalue weighted by atomic mass is 16.4. The van der Waals surface area contributed by atoms with Gasteiger partial charge in [0.1, 0.15) is 18.1 Å². The fraction of sp³-hybridized carbons (Fsp3) is 0.565. The maximum atomic E-state index is 13.2. The van der Waals surface area contributed by atoms with E-state index in [2.05, 4.69) is 35.9 Å². The second-order valence-electron chi connectivity index (χ2n) is 9.24. The number of rotatable bonds is 20. The zero-order valence-corrected chi connectivity index (χ0v) is 23.0. The number of carboxylic acid groups (broad SMARTS) is 2. The molecule has 42 heavy (non-hydrogen) atoms. The lowest BCUT2D eigenvalue weighted by atomic mass is 10.1. The molecule has 1 heterocycles. The lowest BCUT2D eigenvalue weighted by Gasteiger charge is -2.25. The van der Waals surface area contributed by atoms with E-state index in [1.165, 1.54) is 12.5 Å². The van der Waals surface area contributed by atoms with Gasteiger partial charge in [0, 0.05) is 37.8 Å². The first-order valence-corrected chi connectivity index (χ1v) is 13.0. The minimum absolute atomic E-state index is 0.0158. The Morgan fingerprint density at radius 1 is 0.810 bits per heavy atom. The number of guanidine groups is 2. The Hall–Kier alpha value is -4.94. The summed E-state index contributed by atoms with van der Waals surface area (Å²) in [6.45, 7) is 0.235. The number of nitrogens with zero attached hydrogens (tertiary/aromatic N) is 3. The molecular weight excluding hydrogens is 556 g/mol. The van der Waals surface area contributed by atoms with Crippen molar-refractivity contribution < 1.29 is 34.2 Å². The predicted octanol–water partition coefficient (Wildman–Crippen LogP) is -4.21. The molecule has 16 N–H and O–H groups in total. The van der Waals surface area contributed by atoms with Gasteiger partial charge in [-0.2, -0.15) is 0 Å². The van der Waals surface area contributed by atoms with Crippen molar-refractivity contribution in [2.45, 2.75) is 69.1 Å². The smallest absolute Gasteiger partial charge is 0.326 e. The van der Waals surface area contributed by atoms with Gasteiger partial charge in [-0.25, -0.2) is 9.78 Å².